The highest BCUT2D eigenvalue weighted by molar-refractivity contribution is 5.86. The van der Waals surface area contributed by atoms with E-state index >= 15 is 0 Å². The molecule has 0 aromatic heterocycles. The molecule has 0 spiro atoms. The minimum absolute atomic E-state index is 0.0983. The zero-order valence-electron chi connectivity index (χ0n) is 6.27. The smallest absolute Gasteiger partial charge is 0.228 e. The Labute approximate surface area is 60.6 Å². The van der Waals surface area contributed by atoms with E-state index in [-0.39, 0.29) is 5.91 Å². The number of allylic oxidation sites excluding steroid dienone is 3. The van der Waals surface area contributed by atoms with Crippen LogP contribution in [0.1, 0.15) is 20.3 Å². The van der Waals surface area contributed by atoms with Crippen molar-refractivity contribution in [2.45, 2.75) is 20.3 Å². The molecule has 0 aromatic carbocycles. The Morgan fingerprint density at radius 2 is 2.10 bits per heavy atom. The van der Waals surface area contributed by atoms with Gasteiger partial charge in [0.05, 0.1) is 6.42 Å². The van der Waals surface area contributed by atoms with Crippen LogP contribution in [0.4, 0.5) is 0 Å². The van der Waals surface area contributed by atoms with Gasteiger partial charge in [0.1, 0.15) is 0 Å². The summed E-state index contributed by atoms with van der Waals surface area (Å²) >= 11 is 0. The molecule has 1 heterocycles. The third-order valence-electron chi connectivity index (χ3n) is 1.61. The number of nitrogens with one attached hydrogen (secondary N) is 1. The van der Waals surface area contributed by atoms with Crippen molar-refractivity contribution in [2.75, 3.05) is 0 Å². The molecule has 1 amide bonds. The zero-order chi connectivity index (χ0) is 7.56. The fourth-order valence-corrected chi connectivity index (χ4v) is 1.06. The van der Waals surface area contributed by atoms with Gasteiger partial charge in [0.25, 0.3) is 0 Å². The standard InChI is InChI=1S/C8H11NO/c1-3-6-5-8(10)9-7(6)4-2/h3-4H,5H2,1-2H3,(H,9,10)/b6-3-,7-4+. The molecule has 0 saturated carbocycles. The minimum Gasteiger partial charge on any atom is -0.326 e. The fourth-order valence-electron chi connectivity index (χ4n) is 1.06. The van der Waals surface area contributed by atoms with Gasteiger partial charge in [-0.25, -0.2) is 0 Å². The summed E-state index contributed by atoms with van der Waals surface area (Å²) in [5, 5.41) is 2.76. The second-order valence-corrected chi connectivity index (χ2v) is 2.24. The summed E-state index contributed by atoms with van der Waals surface area (Å²) in [4.78, 5) is 10.8. The van der Waals surface area contributed by atoms with Crippen LogP contribution in [0.3, 0.4) is 0 Å². The van der Waals surface area contributed by atoms with Crippen LogP contribution in [0.25, 0.3) is 0 Å². The van der Waals surface area contributed by atoms with Gasteiger partial charge < -0.3 is 5.32 Å². The minimum atomic E-state index is 0.0983. The van der Waals surface area contributed by atoms with Crippen LogP contribution in [0.5, 0.6) is 0 Å². The van der Waals surface area contributed by atoms with Gasteiger partial charge in [0.15, 0.2) is 0 Å². The van der Waals surface area contributed by atoms with E-state index in [1.54, 1.807) is 0 Å². The highest BCUT2D eigenvalue weighted by Crippen LogP contribution is 2.17. The van der Waals surface area contributed by atoms with Crippen LogP contribution in [0, 0.1) is 0 Å². The maximum atomic E-state index is 10.8. The van der Waals surface area contributed by atoms with Crippen molar-refractivity contribution in [1.82, 2.24) is 5.32 Å². The van der Waals surface area contributed by atoms with Crippen molar-refractivity contribution in [3.8, 4) is 0 Å². The van der Waals surface area contributed by atoms with Gasteiger partial charge in [-0.2, -0.15) is 0 Å². The molecule has 1 N–H and O–H groups in total. The molecule has 2 nitrogen and oxygen atoms in total. The number of carbonyl (C=O) groups is 1. The Kier molecular flexibility index (Phi) is 1.90. The number of carbonyl (C=O) groups excluding carboxylic acids is 1. The van der Waals surface area contributed by atoms with Crippen LogP contribution >= 0.6 is 0 Å². The summed E-state index contributed by atoms with van der Waals surface area (Å²) in [5.74, 6) is 0.0983. The maximum absolute atomic E-state index is 10.8. The predicted octanol–water partition coefficient (Wildman–Crippen LogP) is 1.36. The Hall–Kier alpha value is -1.05. The second-order valence-electron chi connectivity index (χ2n) is 2.24. The Bertz CT molecular complexity index is 191. The lowest BCUT2D eigenvalue weighted by molar-refractivity contribution is -0.118. The molecule has 1 aliphatic heterocycles. The molecule has 0 unspecified atom stereocenters. The largest absolute Gasteiger partial charge is 0.326 e. The van der Waals surface area contributed by atoms with Crippen LogP contribution in [0.2, 0.25) is 0 Å². The lowest BCUT2D eigenvalue weighted by Gasteiger charge is -1.94. The summed E-state index contributed by atoms with van der Waals surface area (Å²) in [5.41, 5.74) is 2.07. The Morgan fingerprint density at radius 1 is 1.40 bits per heavy atom. The van der Waals surface area contributed by atoms with Crippen LogP contribution in [0.15, 0.2) is 23.4 Å². The highest BCUT2D eigenvalue weighted by Gasteiger charge is 2.17. The van der Waals surface area contributed by atoms with E-state index in [1.165, 1.54) is 0 Å². The average Bonchev–Trinajstić information content (AvgIpc) is 2.30. The van der Waals surface area contributed by atoms with E-state index in [9.17, 15) is 4.79 Å². The molecule has 1 rings (SSSR count). The average molecular weight is 137 g/mol. The van der Waals surface area contributed by atoms with E-state index in [1.807, 2.05) is 26.0 Å². The van der Waals surface area contributed by atoms with Gasteiger partial charge in [0, 0.05) is 5.70 Å². The normalized spacial score (nSPS) is 26.0. The first kappa shape index (κ1) is 7.06. The van der Waals surface area contributed by atoms with E-state index in [0.29, 0.717) is 6.42 Å². The molecule has 2 heteroatoms. The molecule has 1 fully saturated rings. The second kappa shape index (κ2) is 2.69. The number of amides is 1. The molecule has 54 valence electrons. The highest BCUT2D eigenvalue weighted by atomic mass is 16.1. The van der Waals surface area contributed by atoms with Gasteiger partial charge in [-0.15, -0.1) is 0 Å². The third-order valence-corrected chi connectivity index (χ3v) is 1.61. The van der Waals surface area contributed by atoms with Crippen molar-refractivity contribution in [2.24, 2.45) is 0 Å². The molecule has 0 aromatic rings. The zero-order valence-corrected chi connectivity index (χ0v) is 6.27. The van der Waals surface area contributed by atoms with Gasteiger partial charge in [-0.05, 0) is 19.4 Å². The summed E-state index contributed by atoms with van der Waals surface area (Å²) < 4.78 is 0. The summed E-state index contributed by atoms with van der Waals surface area (Å²) in [6, 6.07) is 0. The summed E-state index contributed by atoms with van der Waals surface area (Å²) in [7, 11) is 0. The van der Waals surface area contributed by atoms with Gasteiger partial charge in [-0.1, -0.05) is 12.2 Å². The molecule has 0 radical (unpaired) electrons. The predicted molar refractivity (Wildman–Crippen MR) is 40.3 cm³/mol. The Morgan fingerprint density at radius 3 is 2.50 bits per heavy atom. The van der Waals surface area contributed by atoms with Crippen molar-refractivity contribution in [3.63, 3.8) is 0 Å². The molecule has 0 atom stereocenters. The van der Waals surface area contributed by atoms with Gasteiger partial charge in [-0.3, -0.25) is 4.79 Å². The van der Waals surface area contributed by atoms with Crippen LogP contribution < -0.4 is 5.32 Å². The number of rotatable bonds is 0. The molecular formula is C8H11NO. The van der Waals surface area contributed by atoms with Crippen molar-refractivity contribution < 1.29 is 4.79 Å². The molecule has 0 bridgehead atoms. The Balaban J connectivity index is 2.87. The van der Waals surface area contributed by atoms with Crippen LogP contribution in [-0.2, 0) is 4.79 Å². The van der Waals surface area contributed by atoms with Crippen molar-refractivity contribution >= 4 is 5.91 Å². The van der Waals surface area contributed by atoms with E-state index in [0.717, 1.165) is 11.3 Å². The first-order valence-electron chi connectivity index (χ1n) is 3.39. The molecule has 1 aliphatic rings. The number of hydrogen-bond donors (Lipinski definition) is 1. The molecule has 0 aliphatic carbocycles. The molecule has 1 saturated heterocycles. The fraction of sp³-hybridized carbons (Fsp3) is 0.375. The van der Waals surface area contributed by atoms with Gasteiger partial charge >= 0.3 is 0 Å². The topological polar surface area (TPSA) is 29.1 Å². The molecule has 10 heavy (non-hydrogen) atoms. The van der Waals surface area contributed by atoms with Crippen molar-refractivity contribution in [1.29, 1.82) is 0 Å². The van der Waals surface area contributed by atoms with E-state index in [2.05, 4.69) is 5.32 Å². The lowest BCUT2D eigenvalue weighted by atomic mass is 10.2. The van der Waals surface area contributed by atoms with Gasteiger partial charge in [0.2, 0.25) is 5.91 Å². The first-order valence-corrected chi connectivity index (χ1v) is 3.39. The monoisotopic (exact) mass is 137 g/mol. The summed E-state index contributed by atoms with van der Waals surface area (Å²) in [6.45, 7) is 3.86. The quantitative estimate of drug-likeness (QED) is 0.536. The third kappa shape index (κ3) is 1.10. The van der Waals surface area contributed by atoms with E-state index in [4.69, 9.17) is 0 Å². The van der Waals surface area contributed by atoms with Crippen LogP contribution in [-0.4, -0.2) is 5.91 Å². The lowest BCUT2D eigenvalue weighted by Crippen LogP contribution is -2.11. The molecular weight excluding hydrogens is 126 g/mol. The summed E-state index contributed by atoms with van der Waals surface area (Å²) in [6.07, 6.45) is 4.42. The van der Waals surface area contributed by atoms with E-state index < -0.39 is 0 Å². The maximum Gasteiger partial charge on any atom is 0.228 e. The van der Waals surface area contributed by atoms with Crippen molar-refractivity contribution in [3.05, 3.63) is 23.4 Å². The number of hydrogen-bond acceptors (Lipinski definition) is 1. The SMILES string of the molecule is C/C=C1/CC(=O)N/C1=C/C. The first-order chi connectivity index (χ1) is 4.77.